The third kappa shape index (κ3) is 1.90. The molecule has 1 N–H and O–H groups in total. The lowest BCUT2D eigenvalue weighted by Gasteiger charge is -2.33. The largest absolute Gasteiger partial charge is 0.481 e. The molecule has 1 fully saturated rings. The number of amides is 2. The number of imide groups is 1. The minimum Gasteiger partial charge on any atom is -0.481 e. The zero-order valence-electron chi connectivity index (χ0n) is 10.9. The molecule has 20 heavy (non-hydrogen) atoms. The standard InChI is InChI=1S/C15H15NO4/c17-13-8-9-4-1-2-5-10(9)14(18)16(13)12-7-3-6-11(12)15(19)20/h1-2,4-5,11-12H,3,6-8H2,(H,19,20). The topological polar surface area (TPSA) is 74.7 Å². The molecule has 104 valence electrons. The molecule has 0 aromatic heterocycles. The fourth-order valence-corrected chi connectivity index (χ4v) is 3.25. The quantitative estimate of drug-likeness (QED) is 0.828. The first-order chi connectivity index (χ1) is 9.59. The summed E-state index contributed by atoms with van der Waals surface area (Å²) in [7, 11) is 0. The molecule has 0 radical (unpaired) electrons. The van der Waals surface area contributed by atoms with E-state index in [1.165, 1.54) is 4.90 Å². The zero-order chi connectivity index (χ0) is 14.3. The Hall–Kier alpha value is -2.17. The molecule has 1 aromatic rings. The van der Waals surface area contributed by atoms with Gasteiger partial charge in [-0.15, -0.1) is 0 Å². The number of fused-ring (bicyclic) bond motifs is 1. The smallest absolute Gasteiger partial charge is 0.308 e. The second-order valence-corrected chi connectivity index (χ2v) is 5.35. The maximum atomic E-state index is 12.5. The summed E-state index contributed by atoms with van der Waals surface area (Å²) in [6.45, 7) is 0. The number of carboxylic acids is 1. The summed E-state index contributed by atoms with van der Waals surface area (Å²) in [4.78, 5) is 37.2. The minimum absolute atomic E-state index is 0.171. The summed E-state index contributed by atoms with van der Waals surface area (Å²) >= 11 is 0. The highest BCUT2D eigenvalue weighted by Gasteiger charge is 2.44. The van der Waals surface area contributed by atoms with Crippen molar-refractivity contribution in [3.05, 3.63) is 35.4 Å². The van der Waals surface area contributed by atoms with E-state index in [1.54, 1.807) is 24.3 Å². The number of carbonyl (C=O) groups is 3. The van der Waals surface area contributed by atoms with Gasteiger partial charge in [0.2, 0.25) is 5.91 Å². The molecular formula is C15H15NO4. The average molecular weight is 273 g/mol. The van der Waals surface area contributed by atoms with Crippen LogP contribution in [0.4, 0.5) is 0 Å². The molecular weight excluding hydrogens is 258 g/mol. The first-order valence-corrected chi connectivity index (χ1v) is 6.76. The van der Waals surface area contributed by atoms with Crippen molar-refractivity contribution >= 4 is 17.8 Å². The molecule has 0 bridgehead atoms. The summed E-state index contributed by atoms with van der Waals surface area (Å²) < 4.78 is 0. The van der Waals surface area contributed by atoms with E-state index >= 15 is 0 Å². The van der Waals surface area contributed by atoms with Crippen LogP contribution in [-0.4, -0.2) is 33.8 Å². The molecule has 5 heteroatoms. The Labute approximate surface area is 116 Å². The highest BCUT2D eigenvalue weighted by atomic mass is 16.4. The van der Waals surface area contributed by atoms with E-state index in [9.17, 15) is 19.5 Å². The van der Waals surface area contributed by atoms with Gasteiger partial charge in [-0.2, -0.15) is 0 Å². The lowest BCUT2D eigenvalue weighted by Crippen LogP contribution is -2.51. The Morgan fingerprint density at radius 2 is 1.95 bits per heavy atom. The van der Waals surface area contributed by atoms with Gasteiger partial charge in [0.25, 0.3) is 5.91 Å². The lowest BCUT2D eigenvalue weighted by atomic mass is 9.94. The first-order valence-electron chi connectivity index (χ1n) is 6.76. The molecule has 0 saturated heterocycles. The van der Waals surface area contributed by atoms with Gasteiger partial charge in [-0.3, -0.25) is 19.3 Å². The van der Waals surface area contributed by atoms with Crippen LogP contribution in [0.2, 0.25) is 0 Å². The SMILES string of the molecule is O=C(O)C1CCCC1N1C(=O)Cc2ccccc2C1=O. The summed E-state index contributed by atoms with van der Waals surface area (Å²) in [6, 6.07) is 6.52. The highest BCUT2D eigenvalue weighted by Crippen LogP contribution is 2.33. The van der Waals surface area contributed by atoms with Crippen LogP contribution >= 0.6 is 0 Å². The summed E-state index contributed by atoms with van der Waals surface area (Å²) in [5.41, 5.74) is 1.24. The van der Waals surface area contributed by atoms with Gasteiger partial charge >= 0.3 is 5.97 Å². The van der Waals surface area contributed by atoms with Crippen LogP contribution in [-0.2, 0) is 16.0 Å². The molecule has 1 heterocycles. The average Bonchev–Trinajstić information content (AvgIpc) is 2.88. The number of nitrogens with zero attached hydrogens (tertiary/aromatic N) is 1. The van der Waals surface area contributed by atoms with Crippen LogP contribution < -0.4 is 0 Å². The molecule has 2 aliphatic rings. The monoisotopic (exact) mass is 273 g/mol. The molecule has 1 saturated carbocycles. The molecule has 2 amide bonds. The molecule has 2 unspecified atom stereocenters. The Kier molecular flexibility index (Phi) is 3.04. The Morgan fingerprint density at radius 3 is 2.70 bits per heavy atom. The van der Waals surface area contributed by atoms with Crippen molar-refractivity contribution in [2.24, 2.45) is 5.92 Å². The van der Waals surface area contributed by atoms with Crippen molar-refractivity contribution in [1.29, 1.82) is 0 Å². The van der Waals surface area contributed by atoms with Crippen molar-refractivity contribution in [3.63, 3.8) is 0 Å². The second kappa shape index (κ2) is 4.74. The number of hydrogen-bond acceptors (Lipinski definition) is 3. The van der Waals surface area contributed by atoms with E-state index in [2.05, 4.69) is 0 Å². The van der Waals surface area contributed by atoms with Crippen molar-refractivity contribution < 1.29 is 19.5 Å². The van der Waals surface area contributed by atoms with Gasteiger partial charge in [0, 0.05) is 5.56 Å². The maximum absolute atomic E-state index is 12.5. The number of carbonyl (C=O) groups excluding carboxylic acids is 2. The van der Waals surface area contributed by atoms with Crippen molar-refractivity contribution in [2.75, 3.05) is 0 Å². The van der Waals surface area contributed by atoms with E-state index in [0.29, 0.717) is 18.4 Å². The molecule has 0 spiro atoms. The van der Waals surface area contributed by atoms with E-state index in [0.717, 1.165) is 12.0 Å². The number of benzene rings is 1. The van der Waals surface area contributed by atoms with Crippen LogP contribution in [0.25, 0.3) is 0 Å². The van der Waals surface area contributed by atoms with Gasteiger partial charge in [-0.1, -0.05) is 24.6 Å². The number of aliphatic carboxylic acids is 1. The van der Waals surface area contributed by atoms with E-state index in [4.69, 9.17) is 0 Å². The first kappa shape index (κ1) is 12.8. The normalized spacial score (nSPS) is 25.7. The molecule has 5 nitrogen and oxygen atoms in total. The van der Waals surface area contributed by atoms with Crippen LogP contribution in [0.1, 0.15) is 35.2 Å². The Balaban J connectivity index is 1.97. The summed E-state index contributed by atoms with van der Waals surface area (Å²) in [6.07, 6.45) is 2.01. The molecule has 3 rings (SSSR count). The summed E-state index contributed by atoms with van der Waals surface area (Å²) in [5, 5.41) is 9.23. The minimum atomic E-state index is -0.924. The Bertz CT molecular complexity index is 595. The summed E-state index contributed by atoms with van der Waals surface area (Å²) in [5.74, 6) is -2.19. The van der Waals surface area contributed by atoms with Crippen LogP contribution in [0.5, 0.6) is 0 Å². The molecule has 2 atom stereocenters. The van der Waals surface area contributed by atoms with Gasteiger partial charge in [0.1, 0.15) is 0 Å². The predicted molar refractivity (Wildman–Crippen MR) is 70.1 cm³/mol. The second-order valence-electron chi connectivity index (χ2n) is 5.35. The van der Waals surface area contributed by atoms with Crippen molar-refractivity contribution in [1.82, 2.24) is 4.90 Å². The lowest BCUT2D eigenvalue weighted by molar-refractivity contribution is -0.144. The third-order valence-electron chi connectivity index (χ3n) is 4.21. The maximum Gasteiger partial charge on any atom is 0.308 e. The highest BCUT2D eigenvalue weighted by molar-refractivity contribution is 6.10. The Morgan fingerprint density at radius 1 is 1.20 bits per heavy atom. The van der Waals surface area contributed by atoms with Crippen LogP contribution in [0.15, 0.2) is 24.3 Å². The van der Waals surface area contributed by atoms with Gasteiger partial charge < -0.3 is 5.11 Å². The van der Waals surface area contributed by atoms with Gasteiger partial charge in [0.05, 0.1) is 18.4 Å². The fraction of sp³-hybridized carbons (Fsp3) is 0.400. The predicted octanol–water partition coefficient (Wildman–Crippen LogP) is 1.46. The van der Waals surface area contributed by atoms with Crippen molar-refractivity contribution in [3.8, 4) is 0 Å². The van der Waals surface area contributed by atoms with E-state index in [-0.39, 0.29) is 18.2 Å². The number of hydrogen-bond donors (Lipinski definition) is 1. The molecule has 1 aromatic carbocycles. The van der Waals surface area contributed by atoms with Crippen molar-refractivity contribution in [2.45, 2.75) is 31.7 Å². The van der Waals surface area contributed by atoms with E-state index in [1.807, 2.05) is 0 Å². The van der Waals surface area contributed by atoms with E-state index < -0.39 is 17.9 Å². The van der Waals surface area contributed by atoms with Crippen LogP contribution in [0.3, 0.4) is 0 Å². The third-order valence-corrected chi connectivity index (χ3v) is 4.21. The fourth-order valence-electron chi connectivity index (χ4n) is 3.25. The number of rotatable bonds is 2. The number of carboxylic acid groups (broad SMARTS) is 1. The molecule has 1 aliphatic carbocycles. The molecule has 1 aliphatic heterocycles. The van der Waals surface area contributed by atoms with Gasteiger partial charge in [0.15, 0.2) is 0 Å². The van der Waals surface area contributed by atoms with Gasteiger partial charge in [-0.05, 0) is 24.5 Å². The zero-order valence-corrected chi connectivity index (χ0v) is 10.9. The van der Waals surface area contributed by atoms with Crippen LogP contribution in [0, 0.1) is 5.92 Å². The van der Waals surface area contributed by atoms with Gasteiger partial charge in [-0.25, -0.2) is 0 Å².